The van der Waals surface area contributed by atoms with Crippen molar-refractivity contribution in [1.82, 2.24) is 19.5 Å². The van der Waals surface area contributed by atoms with Crippen LogP contribution in [0.1, 0.15) is 37.6 Å². The highest BCUT2D eigenvalue weighted by atomic mass is 16.1. The molecule has 132 valence electrons. The first-order valence-electron chi connectivity index (χ1n) is 8.75. The van der Waals surface area contributed by atoms with Gasteiger partial charge < -0.3 is 0 Å². The average molecular weight is 338 g/mol. The van der Waals surface area contributed by atoms with Gasteiger partial charge in [0.15, 0.2) is 5.65 Å². The fraction of sp³-hybridized carbons (Fsp3) is 0.400. The largest absolute Gasteiger partial charge is 0.294 e. The Morgan fingerprint density at radius 2 is 2.04 bits per heavy atom. The van der Waals surface area contributed by atoms with Crippen molar-refractivity contribution in [3.05, 3.63) is 70.8 Å². The van der Waals surface area contributed by atoms with E-state index in [0.717, 1.165) is 30.7 Å². The van der Waals surface area contributed by atoms with E-state index in [2.05, 4.69) is 41.1 Å². The lowest BCUT2D eigenvalue weighted by Crippen LogP contribution is -2.44. The van der Waals surface area contributed by atoms with Crippen LogP contribution in [0.3, 0.4) is 0 Å². The summed E-state index contributed by atoms with van der Waals surface area (Å²) in [7, 11) is 0. The molecule has 2 atom stereocenters. The smallest absolute Gasteiger partial charge is 0.272 e. The molecule has 25 heavy (non-hydrogen) atoms. The van der Waals surface area contributed by atoms with E-state index in [-0.39, 0.29) is 11.6 Å². The van der Waals surface area contributed by atoms with E-state index < -0.39 is 0 Å². The van der Waals surface area contributed by atoms with Crippen LogP contribution in [-0.2, 0) is 6.54 Å². The molecule has 0 saturated carbocycles. The summed E-state index contributed by atoms with van der Waals surface area (Å²) in [5, 5.41) is 3.01. The van der Waals surface area contributed by atoms with E-state index in [1.165, 1.54) is 10.1 Å². The molecular formula is C20H26N4O. The van der Waals surface area contributed by atoms with Gasteiger partial charge in [0.2, 0.25) is 0 Å². The van der Waals surface area contributed by atoms with Gasteiger partial charge in [0, 0.05) is 36.5 Å². The summed E-state index contributed by atoms with van der Waals surface area (Å²) in [6.07, 6.45) is 9.07. The van der Waals surface area contributed by atoms with Crippen molar-refractivity contribution in [1.29, 1.82) is 0 Å². The number of hydrogen-bond acceptors (Lipinski definition) is 3. The van der Waals surface area contributed by atoms with Gasteiger partial charge in [-0.2, -0.15) is 0 Å². The molecule has 0 unspecified atom stereocenters. The van der Waals surface area contributed by atoms with Gasteiger partial charge in [-0.3, -0.25) is 14.8 Å². The molecular weight excluding hydrogens is 312 g/mol. The van der Waals surface area contributed by atoms with Gasteiger partial charge in [-0.25, -0.2) is 9.50 Å². The van der Waals surface area contributed by atoms with E-state index >= 15 is 0 Å². The predicted octanol–water partition coefficient (Wildman–Crippen LogP) is 3.37. The van der Waals surface area contributed by atoms with E-state index in [1.54, 1.807) is 6.07 Å². The zero-order valence-electron chi connectivity index (χ0n) is 15.0. The highest BCUT2D eigenvalue weighted by Gasteiger charge is 2.28. The molecule has 5 nitrogen and oxygen atoms in total. The number of aryl methyl sites for hydroxylation is 1. The van der Waals surface area contributed by atoms with E-state index in [9.17, 15) is 4.79 Å². The quantitative estimate of drug-likeness (QED) is 0.822. The first kappa shape index (κ1) is 17.4. The van der Waals surface area contributed by atoms with Crippen molar-refractivity contribution in [2.24, 2.45) is 0 Å². The number of fused-ring (bicyclic) bond motifs is 1. The Hall–Kier alpha value is -2.40. The lowest BCUT2D eigenvalue weighted by atomic mass is 9.92. The third kappa shape index (κ3) is 3.66. The summed E-state index contributed by atoms with van der Waals surface area (Å²) < 4.78 is 1.49. The summed E-state index contributed by atoms with van der Waals surface area (Å²) in [4.78, 5) is 19.5. The molecule has 0 aliphatic carbocycles. The Labute approximate surface area is 148 Å². The van der Waals surface area contributed by atoms with E-state index in [0.29, 0.717) is 18.2 Å². The second-order valence-corrected chi connectivity index (χ2v) is 6.88. The zero-order chi connectivity index (χ0) is 18.0. The summed E-state index contributed by atoms with van der Waals surface area (Å²) >= 11 is 0. The molecule has 0 saturated heterocycles. The lowest BCUT2D eigenvalue weighted by molar-refractivity contribution is 0.136. The standard InChI is InChI=1S/C20H26N4O/c1-5-7-17-9-14(3)10-18(8-6-2)23(17)13-16-12-20(25)24-19(21-16)11-15(4)22-24/h5-6,9,11-12,17-18,22H,1-2,7-8,10,13H2,3-4H3/t17-,18-/m0/s1. The number of H-pyrrole nitrogens is 1. The van der Waals surface area contributed by atoms with Crippen LogP contribution in [0.5, 0.6) is 0 Å². The number of nitrogens with zero attached hydrogens (tertiary/aromatic N) is 3. The van der Waals surface area contributed by atoms with Crippen LogP contribution >= 0.6 is 0 Å². The second kappa shape index (κ2) is 7.23. The summed E-state index contributed by atoms with van der Waals surface area (Å²) in [5.74, 6) is 0. The summed E-state index contributed by atoms with van der Waals surface area (Å²) in [6.45, 7) is 12.6. The number of nitrogens with one attached hydrogen (secondary N) is 1. The molecule has 0 spiro atoms. The van der Waals surface area contributed by atoms with Crippen molar-refractivity contribution < 1.29 is 0 Å². The maximum absolute atomic E-state index is 12.4. The molecule has 1 aliphatic rings. The molecule has 5 heteroatoms. The third-order valence-corrected chi connectivity index (χ3v) is 4.75. The van der Waals surface area contributed by atoms with Crippen molar-refractivity contribution >= 4 is 5.65 Å². The Bertz CT molecular complexity index is 873. The molecule has 0 amide bonds. The van der Waals surface area contributed by atoms with Crippen LogP contribution in [-0.4, -0.2) is 31.6 Å². The molecule has 1 aliphatic heterocycles. The first-order chi connectivity index (χ1) is 12.0. The summed E-state index contributed by atoms with van der Waals surface area (Å²) in [5.41, 5.74) is 3.73. The SMILES string of the molecule is C=CC[C@H]1CC(C)=C[C@H](CC=C)N1Cc1cc(=O)n2[nH]c(C)cc2n1. The van der Waals surface area contributed by atoms with Crippen LogP contribution in [0.25, 0.3) is 5.65 Å². The lowest BCUT2D eigenvalue weighted by Gasteiger charge is -2.40. The monoisotopic (exact) mass is 338 g/mol. The van der Waals surface area contributed by atoms with Gasteiger partial charge in [-0.15, -0.1) is 13.2 Å². The Kier molecular flexibility index (Phi) is 5.04. The highest BCUT2D eigenvalue weighted by Crippen LogP contribution is 2.28. The van der Waals surface area contributed by atoms with Crippen LogP contribution < -0.4 is 5.56 Å². The molecule has 2 aromatic heterocycles. The molecule has 3 rings (SSSR count). The second-order valence-electron chi connectivity index (χ2n) is 6.88. The maximum atomic E-state index is 12.4. The number of aromatic nitrogens is 3. The first-order valence-corrected chi connectivity index (χ1v) is 8.75. The minimum absolute atomic E-state index is 0.0719. The normalized spacial score (nSPS) is 21.3. The van der Waals surface area contributed by atoms with Gasteiger partial charge in [0.1, 0.15) is 0 Å². The fourth-order valence-electron chi connectivity index (χ4n) is 3.71. The van der Waals surface area contributed by atoms with E-state index in [1.807, 2.05) is 25.1 Å². The average Bonchev–Trinajstić information content (AvgIpc) is 2.92. The van der Waals surface area contributed by atoms with Crippen molar-refractivity contribution in [2.75, 3.05) is 0 Å². The minimum Gasteiger partial charge on any atom is -0.294 e. The predicted molar refractivity (Wildman–Crippen MR) is 102 cm³/mol. The van der Waals surface area contributed by atoms with Gasteiger partial charge in [0.25, 0.3) is 5.56 Å². The molecule has 3 heterocycles. The van der Waals surface area contributed by atoms with Crippen molar-refractivity contribution in [3.8, 4) is 0 Å². The van der Waals surface area contributed by atoms with Crippen LogP contribution in [0, 0.1) is 6.92 Å². The van der Waals surface area contributed by atoms with Crippen molar-refractivity contribution in [2.45, 2.75) is 51.7 Å². The Balaban J connectivity index is 1.95. The molecule has 2 aromatic rings. The van der Waals surface area contributed by atoms with Crippen molar-refractivity contribution in [3.63, 3.8) is 0 Å². The molecule has 0 aromatic carbocycles. The summed E-state index contributed by atoms with van der Waals surface area (Å²) in [6, 6.07) is 4.18. The topological polar surface area (TPSA) is 53.4 Å². The van der Waals surface area contributed by atoms with Crippen LogP contribution in [0.2, 0.25) is 0 Å². The number of hydrogen-bond donors (Lipinski definition) is 1. The molecule has 0 fully saturated rings. The maximum Gasteiger partial charge on any atom is 0.272 e. The van der Waals surface area contributed by atoms with Gasteiger partial charge in [-0.05, 0) is 33.1 Å². The Morgan fingerprint density at radius 1 is 1.28 bits per heavy atom. The van der Waals surface area contributed by atoms with Gasteiger partial charge >= 0.3 is 0 Å². The van der Waals surface area contributed by atoms with Crippen LogP contribution in [0.4, 0.5) is 0 Å². The minimum atomic E-state index is -0.0719. The van der Waals surface area contributed by atoms with Gasteiger partial charge in [0.05, 0.1) is 5.69 Å². The van der Waals surface area contributed by atoms with E-state index in [4.69, 9.17) is 0 Å². The van der Waals surface area contributed by atoms with Gasteiger partial charge in [-0.1, -0.05) is 23.8 Å². The number of aromatic amines is 1. The van der Waals surface area contributed by atoms with Crippen LogP contribution in [0.15, 0.2) is 53.9 Å². The third-order valence-electron chi connectivity index (χ3n) is 4.75. The fourth-order valence-corrected chi connectivity index (χ4v) is 3.71. The molecule has 0 radical (unpaired) electrons. The highest BCUT2D eigenvalue weighted by molar-refractivity contribution is 5.39. The number of rotatable bonds is 6. The molecule has 1 N–H and O–H groups in total. The Morgan fingerprint density at radius 3 is 2.76 bits per heavy atom. The zero-order valence-corrected chi connectivity index (χ0v) is 15.0. The molecule has 0 bridgehead atoms.